The number of aromatic nitrogens is 2. The Balaban J connectivity index is 2.37. The maximum absolute atomic E-state index is 12.2. The van der Waals surface area contributed by atoms with E-state index in [2.05, 4.69) is 4.98 Å². The highest BCUT2D eigenvalue weighted by Gasteiger charge is 2.11. The number of hydrogen-bond acceptors (Lipinski definition) is 5. The minimum absolute atomic E-state index is 0.0561. The number of benzene rings is 1. The molecule has 0 bridgehead atoms. The van der Waals surface area contributed by atoms with Crippen molar-refractivity contribution in [3.05, 3.63) is 46.5 Å². The smallest absolute Gasteiger partial charge is 0.313 e. The summed E-state index contributed by atoms with van der Waals surface area (Å²) in [5.41, 5.74) is 6.01. The van der Waals surface area contributed by atoms with E-state index >= 15 is 0 Å². The normalized spacial score (nSPS) is 10.4. The topological polar surface area (TPSA) is 93.9 Å². The molecular weight excluding hydrogens is 268 g/mol. The first kappa shape index (κ1) is 14.6. The number of anilines is 1. The van der Waals surface area contributed by atoms with Gasteiger partial charge in [0, 0.05) is 24.6 Å². The fourth-order valence-corrected chi connectivity index (χ4v) is 1.86. The van der Waals surface area contributed by atoms with Crippen molar-refractivity contribution < 1.29 is 4.74 Å². The van der Waals surface area contributed by atoms with Gasteiger partial charge < -0.3 is 15.0 Å². The van der Waals surface area contributed by atoms with E-state index in [1.807, 2.05) is 19.9 Å². The minimum atomic E-state index is -0.327. The van der Waals surface area contributed by atoms with Crippen LogP contribution in [-0.4, -0.2) is 9.55 Å². The molecule has 0 radical (unpaired) electrons. The number of nitrogen functional groups attached to an aromatic ring is 1. The van der Waals surface area contributed by atoms with Gasteiger partial charge in [-0.1, -0.05) is 13.8 Å². The van der Waals surface area contributed by atoms with E-state index in [1.54, 1.807) is 18.3 Å². The second-order valence-corrected chi connectivity index (χ2v) is 5.05. The van der Waals surface area contributed by atoms with Crippen LogP contribution in [0.5, 0.6) is 11.6 Å². The summed E-state index contributed by atoms with van der Waals surface area (Å²) in [6, 6.07) is 6.63. The Labute approximate surface area is 122 Å². The maximum atomic E-state index is 12.2. The Morgan fingerprint density at radius 3 is 2.90 bits per heavy atom. The van der Waals surface area contributed by atoms with Crippen LogP contribution < -0.4 is 16.0 Å². The predicted octanol–water partition coefficient (Wildman–Crippen LogP) is 2.15. The van der Waals surface area contributed by atoms with E-state index in [0.29, 0.717) is 18.2 Å². The van der Waals surface area contributed by atoms with Gasteiger partial charge in [0.2, 0.25) is 0 Å². The third-order valence-electron chi connectivity index (χ3n) is 2.77. The molecule has 0 aliphatic carbocycles. The summed E-state index contributed by atoms with van der Waals surface area (Å²) in [6.07, 6.45) is 3.12. The molecule has 1 heterocycles. The van der Waals surface area contributed by atoms with E-state index < -0.39 is 0 Å². The van der Waals surface area contributed by atoms with Crippen molar-refractivity contribution in [1.82, 2.24) is 9.55 Å². The summed E-state index contributed by atoms with van der Waals surface area (Å²) in [4.78, 5) is 16.2. The van der Waals surface area contributed by atoms with E-state index in [-0.39, 0.29) is 22.8 Å². The highest BCUT2D eigenvalue weighted by Crippen LogP contribution is 2.23. The van der Waals surface area contributed by atoms with Crippen LogP contribution in [0.3, 0.4) is 0 Å². The maximum Gasteiger partial charge on any atom is 0.313 e. The Morgan fingerprint density at radius 1 is 1.48 bits per heavy atom. The number of nitrogens with zero attached hydrogens (tertiary/aromatic N) is 3. The van der Waals surface area contributed by atoms with Crippen molar-refractivity contribution in [3.8, 4) is 17.7 Å². The van der Waals surface area contributed by atoms with E-state index in [9.17, 15) is 4.79 Å². The second kappa shape index (κ2) is 6.09. The third kappa shape index (κ3) is 3.39. The van der Waals surface area contributed by atoms with Gasteiger partial charge >= 0.3 is 5.56 Å². The molecule has 6 nitrogen and oxygen atoms in total. The lowest BCUT2D eigenvalue weighted by Gasteiger charge is -2.11. The fourth-order valence-electron chi connectivity index (χ4n) is 1.86. The zero-order valence-electron chi connectivity index (χ0n) is 11.9. The number of nitriles is 1. The van der Waals surface area contributed by atoms with Gasteiger partial charge in [0.1, 0.15) is 11.8 Å². The van der Waals surface area contributed by atoms with Crippen molar-refractivity contribution in [2.75, 3.05) is 5.73 Å². The van der Waals surface area contributed by atoms with Gasteiger partial charge in [-0.2, -0.15) is 5.26 Å². The van der Waals surface area contributed by atoms with Gasteiger partial charge in [-0.3, -0.25) is 4.79 Å². The first-order valence-electron chi connectivity index (χ1n) is 6.54. The lowest BCUT2D eigenvalue weighted by Crippen LogP contribution is -2.23. The zero-order chi connectivity index (χ0) is 15.4. The summed E-state index contributed by atoms with van der Waals surface area (Å²) in [6.45, 7) is 4.60. The monoisotopic (exact) mass is 284 g/mol. The Hall–Kier alpha value is -2.81. The van der Waals surface area contributed by atoms with Crippen LogP contribution in [0.15, 0.2) is 35.4 Å². The van der Waals surface area contributed by atoms with Crippen LogP contribution >= 0.6 is 0 Å². The summed E-state index contributed by atoms with van der Waals surface area (Å²) in [5, 5.41) is 9.07. The molecule has 0 fully saturated rings. The first-order valence-corrected chi connectivity index (χ1v) is 6.54. The molecule has 0 saturated heterocycles. The lowest BCUT2D eigenvalue weighted by molar-refractivity contribution is 0.431. The molecule has 6 heteroatoms. The number of rotatable bonds is 4. The van der Waals surface area contributed by atoms with Crippen molar-refractivity contribution in [2.45, 2.75) is 20.4 Å². The van der Waals surface area contributed by atoms with Gasteiger partial charge in [-0.15, -0.1) is 0 Å². The predicted molar refractivity (Wildman–Crippen MR) is 79.0 cm³/mol. The average molecular weight is 284 g/mol. The standard InChI is InChI=1S/C15H16N4O2/c1-10(2)9-19-6-5-18-14(15(19)20)21-13-4-3-12(17)7-11(13)8-16/h3-7,10H,9,17H2,1-2H3. The molecule has 2 rings (SSSR count). The third-order valence-corrected chi connectivity index (χ3v) is 2.77. The van der Waals surface area contributed by atoms with Crippen LogP contribution in [0.1, 0.15) is 19.4 Å². The van der Waals surface area contributed by atoms with Crippen LogP contribution in [-0.2, 0) is 6.54 Å². The molecule has 0 spiro atoms. The number of hydrogen-bond donors (Lipinski definition) is 1. The van der Waals surface area contributed by atoms with Gasteiger partial charge in [0.25, 0.3) is 5.88 Å². The Bertz CT molecular complexity index is 744. The Kier molecular flexibility index (Phi) is 4.24. The minimum Gasteiger partial charge on any atom is -0.433 e. The molecule has 2 aromatic rings. The Morgan fingerprint density at radius 2 is 2.24 bits per heavy atom. The van der Waals surface area contributed by atoms with Gasteiger partial charge in [-0.05, 0) is 24.1 Å². The molecule has 0 aliphatic rings. The molecule has 108 valence electrons. The number of nitrogens with two attached hydrogens (primary N) is 1. The van der Waals surface area contributed by atoms with Crippen molar-refractivity contribution in [2.24, 2.45) is 5.92 Å². The van der Waals surface area contributed by atoms with Crippen LogP contribution in [0.2, 0.25) is 0 Å². The molecule has 0 unspecified atom stereocenters. The van der Waals surface area contributed by atoms with E-state index in [1.165, 1.54) is 16.8 Å². The second-order valence-electron chi connectivity index (χ2n) is 5.05. The fraction of sp³-hybridized carbons (Fsp3) is 0.267. The highest BCUT2D eigenvalue weighted by molar-refractivity contribution is 5.53. The molecule has 0 atom stereocenters. The quantitative estimate of drug-likeness (QED) is 0.868. The molecule has 1 aromatic carbocycles. The molecule has 21 heavy (non-hydrogen) atoms. The SMILES string of the molecule is CC(C)Cn1ccnc(Oc2ccc(N)cc2C#N)c1=O. The highest BCUT2D eigenvalue weighted by atomic mass is 16.5. The average Bonchev–Trinajstić information content (AvgIpc) is 2.44. The summed E-state index contributed by atoms with van der Waals surface area (Å²) < 4.78 is 7.02. The van der Waals surface area contributed by atoms with Gasteiger partial charge in [0.05, 0.1) is 5.56 Å². The number of ether oxygens (including phenoxy) is 1. The van der Waals surface area contributed by atoms with Gasteiger partial charge in [-0.25, -0.2) is 4.98 Å². The van der Waals surface area contributed by atoms with E-state index in [0.717, 1.165) is 0 Å². The largest absolute Gasteiger partial charge is 0.433 e. The van der Waals surface area contributed by atoms with Crippen molar-refractivity contribution in [1.29, 1.82) is 5.26 Å². The summed E-state index contributed by atoms with van der Waals surface area (Å²) in [5.74, 6) is 0.530. The molecule has 0 amide bonds. The van der Waals surface area contributed by atoms with Crippen molar-refractivity contribution >= 4 is 5.69 Å². The van der Waals surface area contributed by atoms with Crippen LogP contribution in [0.25, 0.3) is 0 Å². The first-order chi connectivity index (χ1) is 10.0. The molecule has 0 saturated carbocycles. The summed E-state index contributed by atoms with van der Waals surface area (Å²) in [7, 11) is 0. The van der Waals surface area contributed by atoms with Crippen molar-refractivity contribution in [3.63, 3.8) is 0 Å². The lowest BCUT2D eigenvalue weighted by atomic mass is 10.2. The molecule has 0 aliphatic heterocycles. The molecule has 2 N–H and O–H groups in total. The van der Waals surface area contributed by atoms with Crippen LogP contribution in [0.4, 0.5) is 5.69 Å². The molecule has 1 aromatic heterocycles. The zero-order valence-corrected chi connectivity index (χ0v) is 11.9. The van der Waals surface area contributed by atoms with Crippen LogP contribution in [0, 0.1) is 17.2 Å². The molecular formula is C15H16N4O2. The van der Waals surface area contributed by atoms with E-state index in [4.69, 9.17) is 15.7 Å². The summed E-state index contributed by atoms with van der Waals surface area (Å²) >= 11 is 0. The van der Waals surface area contributed by atoms with Gasteiger partial charge in [0.15, 0.2) is 0 Å².